The average Bonchev–Trinajstić information content (AvgIpc) is 2.90. The zero-order chi connectivity index (χ0) is 14.1. The van der Waals surface area contributed by atoms with Gasteiger partial charge in [0.25, 0.3) is 0 Å². The summed E-state index contributed by atoms with van der Waals surface area (Å²) in [6.45, 7) is 2.84. The van der Waals surface area contributed by atoms with Gasteiger partial charge in [-0.15, -0.1) is 0 Å². The Balaban J connectivity index is 2.04. The van der Waals surface area contributed by atoms with E-state index in [0.29, 0.717) is 5.82 Å². The molecule has 1 aromatic carbocycles. The molecule has 2 heterocycles. The second kappa shape index (κ2) is 5.07. The van der Waals surface area contributed by atoms with Crippen LogP contribution in [0.4, 0.5) is 0 Å². The summed E-state index contributed by atoms with van der Waals surface area (Å²) in [5.74, 6) is 0.893. The molecule has 0 spiro atoms. The molecule has 1 aliphatic heterocycles. The number of hydrogen-bond acceptors (Lipinski definition) is 4. The van der Waals surface area contributed by atoms with Crippen molar-refractivity contribution in [1.29, 1.82) is 0 Å². The Morgan fingerprint density at radius 2 is 2.20 bits per heavy atom. The van der Waals surface area contributed by atoms with E-state index in [1.165, 1.54) is 7.11 Å². The van der Waals surface area contributed by atoms with Gasteiger partial charge in [-0.05, 0) is 25.3 Å². The van der Waals surface area contributed by atoms with Crippen molar-refractivity contribution in [3.05, 3.63) is 35.7 Å². The maximum absolute atomic E-state index is 11.8. The number of rotatable bonds is 2. The van der Waals surface area contributed by atoms with Crippen LogP contribution in [0, 0.1) is 6.92 Å². The average molecular weight is 271 g/mol. The van der Waals surface area contributed by atoms with Crippen LogP contribution in [0.3, 0.4) is 0 Å². The monoisotopic (exact) mass is 271 g/mol. The van der Waals surface area contributed by atoms with Gasteiger partial charge in [-0.25, -0.2) is 9.67 Å². The van der Waals surface area contributed by atoms with Crippen LogP contribution in [0.5, 0.6) is 0 Å². The summed E-state index contributed by atoms with van der Waals surface area (Å²) < 4.78 is 6.71. The topological polar surface area (TPSA) is 57.0 Å². The minimum absolute atomic E-state index is 0.227. The highest BCUT2D eigenvalue weighted by atomic mass is 16.5. The maximum Gasteiger partial charge on any atom is 0.316 e. The number of methoxy groups -OCH3 is 1. The number of aromatic nitrogens is 3. The summed E-state index contributed by atoms with van der Waals surface area (Å²) in [6, 6.07) is 8.00. The Hall–Kier alpha value is -2.17. The van der Waals surface area contributed by atoms with Gasteiger partial charge in [0.15, 0.2) is 5.82 Å². The Morgan fingerprint density at radius 3 is 2.95 bits per heavy atom. The summed E-state index contributed by atoms with van der Waals surface area (Å²) in [7, 11) is 1.42. The van der Waals surface area contributed by atoms with E-state index in [0.717, 1.165) is 36.3 Å². The molecule has 5 heteroatoms. The van der Waals surface area contributed by atoms with Gasteiger partial charge in [-0.1, -0.05) is 24.3 Å². The summed E-state index contributed by atoms with van der Waals surface area (Å²) in [5.41, 5.74) is 2.14. The lowest BCUT2D eigenvalue weighted by atomic mass is 9.99. The predicted molar refractivity (Wildman–Crippen MR) is 74.2 cm³/mol. The van der Waals surface area contributed by atoms with Crippen LogP contribution in [0.15, 0.2) is 24.3 Å². The third kappa shape index (κ3) is 2.09. The number of esters is 1. The lowest BCUT2D eigenvalue weighted by Gasteiger charge is -2.19. The Morgan fingerprint density at radius 1 is 1.40 bits per heavy atom. The van der Waals surface area contributed by atoms with Gasteiger partial charge in [0, 0.05) is 12.1 Å². The first-order valence-corrected chi connectivity index (χ1v) is 6.79. The smallest absolute Gasteiger partial charge is 0.316 e. The summed E-state index contributed by atoms with van der Waals surface area (Å²) in [6.07, 6.45) is 1.70. The number of ether oxygens (including phenoxy) is 1. The fraction of sp³-hybridized carbons (Fsp3) is 0.400. The summed E-state index contributed by atoms with van der Waals surface area (Å²) >= 11 is 0. The highest BCUT2D eigenvalue weighted by Crippen LogP contribution is 2.29. The van der Waals surface area contributed by atoms with Crippen molar-refractivity contribution < 1.29 is 9.53 Å². The van der Waals surface area contributed by atoms with Crippen molar-refractivity contribution >= 4 is 5.97 Å². The third-order valence-corrected chi connectivity index (χ3v) is 3.75. The van der Waals surface area contributed by atoms with E-state index in [2.05, 4.69) is 10.1 Å². The summed E-state index contributed by atoms with van der Waals surface area (Å²) in [5, 5.41) is 4.55. The predicted octanol–water partition coefficient (Wildman–Crippen LogP) is 2.30. The SMILES string of the molecule is COC(=O)C1CCCn2nc(-c3ccccc3C)nc21. The zero-order valence-corrected chi connectivity index (χ0v) is 11.7. The van der Waals surface area contributed by atoms with Gasteiger partial charge in [-0.2, -0.15) is 5.10 Å². The van der Waals surface area contributed by atoms with Gasteiger partial charge in [0.1, 0.15) is 11.7 Å². The fourth-order valence-corrected chi connectivity index (χ4v) is 2.65. The van der Waals surface area contributed by atoms with E-state index in [1.54, 1.807) is 0 Å². The highest BCUT2D eigenvalue weighted by molar-refractivity contribution is 5.77. The number of carbonyl (C=O) groups is 1. The highest BCUT2D eigenvalue weighted by Gasteiger charge is 2.31. The van der Waals surface area contributed by atoms with E-state index in [4.69, 9.17) is 4.74 Å². The molecule has 0 saturated heterocycles. The molecule has 0 aliphatic carbocycles. The first-order chi connectivity index (χ1) is 9.70. The van der Waals surface area contributed by atoms with Crippen molar-refractivity contribution in [3.63, 3.8) is 0 Å². The van der Waals surface area contributed by atoms with E-state index in [-0.39, 0.29) is 11.9 Å². The number of hydrogen-bond donors (Lipinski definition) is 0. The molecule has 2 aromatic rings. The Bertz CT molecular complexity index is 648. The fourth-order valence-electron chi connectivity index (χ4n) is 2.65. The number of benzene rings is 1. The molecule has 0 N–H and O–H groups in total. The van der Waals surface area contributed by atoms with E-state index in [1.807, 2.05) is 35.9 Å². The standard InChI is InChI=1S/C15H17N3O2/c1-10-6-3-4-7-11(10)13-16-14-12(15(19)20-2)8-5-9-18(14)17-13/h3-4,6-7,12H,5,8-9H2,1-2H3. The van der Waals surface area contributed by atoms with Gasteiger partial charge in [0.05, 0.1) is 7.11 Å². The van der Waals surface area contributed by atoms with Crippen molar-refractivity contribution in [1.82, 2.24) is 14.8 Å². The van der Waals surface area contributed by atoms with Crippen LogP contribution in [0.25, 0.3) is 11.4 Å². The minimum atomic E-state index is -0.293. The van der Waals surface area contributed by atoms with Crippen molar-refractivity contribution in [3.8, 4) is 11.4 Å². The van der Waals surface area contributed by atoms with E-state index in [9.17, 15) is 4.79 Å². The normalized spacial score (nSPS) is 17.6. The molecule has 0 saturated carbocycles. The zero-order valence-electron chi connectivity index (χ0n) is 11.7. The van der Waals surface area contributed by atoms with Crippen LogP contribution in [-0.2, 0) is 16.1 Å². The van der Waals surface area contributed by atoms with Gasteiger partial charge in [-0.3, -0.25) is 4.79 Å². The lowest BCUT2D eigenvalue weighted by Crippen LogP contribution is -2.24. The minimum Gasteiger partial charge on any atom is -0.468 e. The summed E-state index contributed by atoms with van der Waals surface area (Å²) in [4.78, 5) is 16.4. The number of aryl methyl sites for hydroxylation is 2. The Labute approximate surface area is 117 Å². The van der Waals surface area contributed by atoms with Crippen molar-refractivity contribution in [2.75, 3.05) is 7.11 Å². The molecule has 3 rings (SSSR count). The van der Waals surface area contributed by atoms with Gasteiger partial charge >= 0.3 is 5.97 Å². The Kier molecular flexibility index (Phi) is 3.26. The first kappa shape index (κ1) is 12.8. The molecule has 1 aromatic heterocycles. The molecular weight excluding hydrogens is 254 g/mol. The van der Waals surface area contributed by atoms with Crippen LogP contribution in [-0.4, -0.2) is 27.8 Å². The van der Waals surface area contributed by atoms with Crippen LogP contribution in [0.1, 0.15) is 30.1 Å². The quantitative estimate of drug-likeness (QED) is 0.786. The molecule has 1 unspecified atom stereocenters. The molecule has 20 heavy (non-hydrogen) atoms. The van der Waals surface area contributed by atoms with E-state index >= 15 is 0 Å². The van der Waals surface area contributed by atoms with Crippen molar-refractivity contribution in [2.24, 2.45) is 0 Å². The molecule has 0 radical (unpaired) electrons. The number of fused-ring (bicyclic) bond motifs is 1. The molecule has 1 aliphatic rings. The molecule has 1 atom stereocenters. The molecular formula is C15H17N3O2. The number of nitrogens with zero attached hydrogens (tertiary/aromatic N) is 3. The van der Waals surface area contributed by atoms with Crippen LogP contribution in [0.2, 0.25) is 0 Å². The van der Waals surface area contributed by atoms with Gasteiger partial charge < -0.3 is 4.74 Å². The largest absolute Gasteiger partial charge is 0.468 e. The molecule has 0 amide bonds. The molecule has 104 valence electrons. The van der Waals surface area contributed by atoms with Crippen LogP contribution < -0.4 is 0 Å². The van der Waals surface area contributed by atoms with Gasteiger partial charge in [0.2, 0.25) is 0 Å². The van der Waals surface area contributed by atoms with E-state index < -0.39 is 0 Å². The molecule has 0 bridgehead atoms. The second-order valence-electron chi connectivity index (χ2n) is 5.05. The second-order valence-corrected chi connectivity index (χ2v) is 5.05. The maximum atomic E-state index is 11.8. The third-order valence-electron chi connectivity index (χ3n) is 3.75. The van der Waals surface area contributed by atoms with Crippen molar-refractivity contribution in [2.45, 2.75) is 32.2 Å². The lowest BCUT2D eigenvalue weighted by molar-refractivity contribution is -0.143. The first-order valence-electron chi connectivity index (χ1n) is 6.79. The molecule has 5 nitrogen and oxygen atoms in total. The molecule has 0 fully saturated rings. The number of carbonyl (C=O) groups excluding carboxylic acids is 1. The van der Waals surface area contributed by atoms with Crippen LogP contribution >= 0.6 is 0 Å².